The lowest BCUT2D eigenvalue weighted by Gasteiger charge is -2.17. The average Bonchev–Trinajstić information content (AvgIpc) is 2.39. The lowest BCUT2D eigenvalue weighted by atomic mass is 10.2. The van der Waals surface area contributed by atoms with E-state index in [1.54, 1.807) is 12.1 Å². The number of anilines is 2. The van der Waals surface area contributed by atoms with Crippen molar-refractivity contribution in [1.82, 2.24) is 4.90 Å². The lowest BCUT2D eigenvalue weighted by molar-refractivity contribution is -0.116. The van der Waals surface area contributed by atoms with Gasteiger partial charge >= 0.3 is 0 Å². The standard InChI is InChI=1S/C14H20N4O/c1-11(9-15)10-18(2)8-7-14(19)17-13-6-4-3-5-12(13)16/h3-6,11H,7-8,10,16H2,1-2H3,(H,17,19). The summed E-state index contributed by atoms with van der Waals surface area (Å²) in [5, 5.41) is 11.5. The molecule has 1 rings (SSSR count). The Morgan fingerprint density at radius 2 is 2.21 bits per heavy atom. The number of nitrogens with two attached hydrogens (primary N) is 1. The summed E-state index contributed by atoms with van der Waals surface area (Å²) >= 11 is 0. The average molecular weight is 260 g/mol. The normalized spacial score (nSPS) is 11.9. The molecule has 0 spiro atoms. The SMILES string of the molecule is CC(C#N)CN(C)CCC(=O)Nc1ccccc1N. The number of amides is 1. The van der Waals surface area contributed by atoms with Gasteiger partial charge in [0.05, 0.1) is 23.4 Å². The van der Waals surface area contributed by atoms with Crippen LogP contribution in [-0.4, -0.2) is 30.9 Å². The van der Waals surface area contributed by atoms with Gasteiger partial charge in [0.2, 0.25) is 5.91 Å². The van der Waals surface area contributed by atoms with Gasteiger partial charge in [0.25, 0.3) is 0 Å². The number of carbonyl (C=O) groups is 1. The van der Waals surface area contributed by atoms with Crippen LogP contribution < -0.4 is 11.1 Å². The molecule has 0 saturated carbocycles. The van der Waals surface area contributed by atoms with Crippen LogP contribution in [0.15, 0.2) is 24.3 Å². The van der Waals surface area contributed by atoms with Crippen LogP contribution in [0.1, 0.15) is 13.3 Å². The molecule has 0 aliphatic carbocycles. The minimum Gasteiger partial charge on any atom is -0.397 e. The fraction of sp³-hybridized carbons (Fsp3) is 0.429. The molecule has 1 aromatic rings. The smallest absolute Gasteiger partial charge is 0.225 e. The van der Waals surface area contributed by atoms with Crippen LogP contribution in [0.3, 0.4) is 0 Å². The van der Waals surface area contributed by atoms with Crippen molar-refractivity contribution >= 4 is 17.3 Å². The molecule has 0 aliphatic heterocycles. The first-order valence-corrected chi connectivity index (χ1v) is 6.25. The summed E-state index contributed by atoms with van der Waals surface area (Å²) in [6.45, 7) is 3.14. The van der Waals surface area contributed by atoms with Gasteiger partial charge in [0.1, 0.15) is 0 Å². The van der Waals surface area contributed by atoms with Crippen molar-refractivity contribution in [2.45, 2.75) is 13.3 Å². The summed E-state index contributed by atoms with van der Waals surface area (Å²) in [6.07, 6.45) is 0.378. The molecule has 0 heterocycles. The maximum absolute atomic E-state index is 11.8. The van der Waals surface area contributed by atoms with Crippen LogP contribution in [-0.2, 0) is 4.79 Å². The Bertz CT molecular complexity index is 467. The van der Waals surface area contributed by atoms with E-state index in [0.717, 1.165) is 0 Å². The molecular weight excluding hydrogens is 240 g/mol. The Morgan fingerprint density at radius 1 is 1.53 bits per heavy atom. The van der Waals surface area contributed by atoms with Gasteiger partial charge in [-0.1, -0.05) is 12.1 Å². The summed E-state index contributed by atoms with van der Waals surface area (Å²) in [7, 11) is 1.90. The fourth-order valence-electron chi connectivity index (χ4n) is 1.72. The van der Waals surface area contributed by atoms with Crippen LogP contribution in [0.25, 0.3) is 0 Å². The van der Waals surface area contributed by atoms with Crippen molar-refractivity contribution in [1.29, 1.82) is 5.26 Å². The number of carbonyl (C=O) groups excluding carboxylic acids is 1. The topological polar surface area (TPSA) is 82.2 Å². The molecule has 1 amide bonds. The zero-order chi connectivity index (χ0) is 14.3. The highest BCUT2D eigenvalue weighted by Gasteiger charge is 2.09. The van der Waals surface area contributed by atoms with Crippen LogP contribution in [0.4, 0.5) is 11.4 Å². The molecule has 102 valence electrons. The van der Waals surface area contributed by atoms with Crippen molar-refractivity contribution in [3.05, 3.63) is 24.3 Å². The third-order valence-electron chi connectivity index (χ3n) is 2.76. The van der Waals surface area contributed by atoms with E-state index >= 15 is 0 Å². The molecule has 1 aromatic carbocycles. The highest BCUT2D eigenvalue weighted by atomic mass is 16.1. The molecule has 0 saturated heterocycles. The molecule has 1 atom stereocenters. The Kier molecular flexibility index (Phi) is 5.83. The highest BCUT2D eigenvalue weighted by molar-refractivity contribution is 5.93. The van der Waals surface area contributed by atoms with Crippen molar-refractivity contribution in [2.24, 2.45) is 5.92 Å². The van der Waals surface area contributed by atoms with E-state index in [1.165, 1.54) is 0 Å². The van der Waals surface area contributed by atoms with Crippen molar-refractivity contribution in [2.75, 3.05) is 31.2 Å². The van der Waals surface area contributed by atoms with Crippen LogP contribution >= 0.6 is 0 Å². The Balaban J connectivity index is 2.37. The van der Waals surface area contributed by atoms with Crippen LogP contribution in [0.5, 0.6) is 0 Å². The lowest BCUT2D eigenvalue weighted by Crippen LogP contribution is -2.28. The first-order valence-electron chi connectivity index (χ1n) is 6.25. The maximum atomic E-state index is 11.8. The quantitative estimate of drug-likeness (QED) is 0.762. The maximum Gasteiger partial charge on any atom is 0.225 e. The number of para-hydroxylation sites is 2. The van der Waals surface area contributed by atoms with E-state index < -0.39 is 0 Å². The van der Waals surface area contributed by atoms with E-state index in [0.29, 0.717) is 30.9 Å². The second-order valence-electron chi connectivity index (χ2n) is 4.68. The number of nitrogens with one attached hydrogen (secondary N) is 1. The molecular formula is C14H20N4O. The third kappa shape index (κ3) is 5.40. The zero-order valence-electron chi connectivity index (χ0n) is 11.4. The number of hydrogen-bond donors (Lipinski definition) is 2. The molecule has 0 aliphatic rings. The van der Waals surface area contributed by atoms with Crippen molar-refractivity contribution < 1.29 is 4.79 Å². The highest BCUT2D eigenvalue weighted by Crippen LogP contribution is 2.16. The molecule has 0 radical (unpaired) electrons. The van der Waals surface area contributed by atoms with Gasteiger partial charge < -0.3 is 16.0 Å². The minimum atomic E-state index is -0.0747. The Labute approximate surface area is 114 Å². The van der Waals surface area contributed by atoms with Gasteiger partial charge in [-0.3, -0.25) is 4.79 Å². The summed E-state index contributed by atoms with van der Waals surface area (Å²) in [5.74, 6) is -0.104. The van der Waals surface area contributed by atoms with Crippen molar-refractivity contribution in [3.63, 3.8) is 0 Å². The van der Waals surface area contributed by atoms with Crippen molar-refractivity contribution in [3.8, 4) is 6.07 Å². The number of rotatable bonds is 6. The summed E-state index contributed by atoms with van der Waals surface area (Å²) in [4.78, 5) is 13.7. The molecule has 19 heavy (non-hydrogen) atoms. The van der Waals surface area contributed by atoms with Gasteiger partial charge in [-0.15, -0.1) is 0 Å². The molecule has 1 unspecified atom stereocenters. The summed E-state index contributed by atoms with van der Waals surface area (Å²) in [6, 6.07) is 9.34. The Hall–Kier alpha value is -2.06. The minimum absolute atomic E-state index is 0.0298. The van der Waals surface area contributed by atoms with Gasteiger partial charge in [-0.2, -0.15) is 5.26 Å². The second kappa shape index (κ2) is 7.39. The number of nitriles is 1. The van der Waals surface area contributed by atoms with Gasteiger partial charge in [-0.05, 0) is 26.1 Å². The van der Waals surface area contributed by atoms with E-state index in [-0.39, 0.29) is 11.8 Å². The van der Waals surface area contributed by atoms with Gasteiger partial charge in [-0.25, -0.2) is 0 Å². The van der Waals surface area contributed by atoms with E-state index in [1.807, 2.05) is 31.0 Å². The number of nitrogen functional groups attached to an aromatic ring is 1. The molecule has 5 heteroatoms. The largest absolute Gasteiger partial charge is 0.397 e. The van der Waals surface area contributed by atoms with E-state index in [2.05, 4.69) is 11.4 Å². The zero-order valence-corrected chi connectivity index (χ0v) is 11.4. The first-order chi connectivity index (χ1) is 9.02. The molecule has 0 fully saturated rings. The molecule has 3 N–H and O–H groups in total. The summed E-state index contributed by atoms with van der Waals surface area (Å²) in [5.41, 5.74) is 6.94. The van der Waals surface area contributed by atoms with E-state index in [4.69, 9.17) is 11.0 Å². The van der Waals surface area contributed by atoms with Crippen LogP contribution in [0, 0.1) is 17.2 Å². The van der Waals surface area contributed by atoms with E-state index in [9.17, 15) is 4.79 Å². The summed E-state index contributed by atoms with van der Waals surface area (Å²) < 4.78 is 0. The molecule has 0 aromatic heterocycles. The third-order valence-corrected chi connectivity index (χ3v) is 2.76. The van der Waals surface area contributed by atoms with Gasteiger partial charge in [0.15, 0.2) is 0 Å². The van der Waals surface area contributed by atoms with Crippen LogP contribution in [0.2, 0.25) is 0 Å². The Morgan fingerprint density at radius 3 is 2.84 bits per heavy atom. The predicted octanol–water partition coefficient (Wildman–Crippen LogP) is 1.69. The first kappa shape index (κ1) is 15.0. The monoisotopic (exact) mass is 260 g/mol. The number of nitrogens with zero attached hydrogens (tertiary/aromatic N) is 2. The number of hydrogen-bond acceptors (Lipinski definition) is 4. The molecule has 5 nitrogen and oxygen atoms in total. The van der Waals surface area contributed by atoms with Gasteiger partial charge in [0, 0.05) is 19.5 Å². The predicted molar refractivity (Wildman–Crippen MR) is 76.4 cm³/mol. The fourth-order valence-corrected chi connectivity index (χ4v) is 1.72. The second-order valence-corrected chi connectivity index (χ2v) is 4.68. The number of benzene rings is 1. The molecule has 0 bridgehead atoms.